The van der Waals surface area contributed by atoms with Crippen molar-refractivity contribution in [1.29, 1.82) is 0 Å². The molecule has 1 aromatic rings. The van der Waals surface area contributed by atoms with Crippen molar-refractivity contribution in [2.45, 2.75) is 0 Å². The summed E-state index contributed by atoms with van der Waals surface area (Å²) in [5.41, 5.74) is -1.05. The van der Waals surface area contributed by atoms with Crippen LogP contribution in [0, 0.1) is 29.1 Å². The van der Waals surface area contributed by atoms with Crippen LogP contribution >= 0.6 is 0 Å². The highest BCUT2D eigenvalue weighted by Crippen LogP contribution is 2.26. The molecule has 0 unspecified atom stereocenters. The molecule has 2 N–H and O–H groups in total. The minimum absolute atomic E-state index is 0.113. The number of hydrogen-bond donors (Lipinski definition) is 2. The van der Waals surface area contributed by atoms with E-state index in [9.17, 15) is 22.0 Å². The number of benzene rings is 1. The van der Waals surface area contributed by atoms with Gasteiger partial charge in [-0.2, -0.15) is 0 Å². The van der Waals surface area contributed by atoms with Gasteiger partial charge in [-0.25, -0.2) is 22.0 Å². The minimum Gasteiger partial charge on any atom is -0.461 e. The normalized spacial score (nSPS) is 9.29. The number of halogens is 5. The Hall–Kier alpha value is -1.57. The number of anilines is 1. The van der Waals surface area contributed by atoms with Crippen LogP contribution in [-0.4, -0.2) is 19.6 Å². The molecule has 0 saturated heterocycles. The van der Waals surface area contributed by atoms with Gasteiger partial charge in [0, 0.05) is 6.54 Å². The Bertz CT molecular complexity index is 384. The first-order valence-corrected chi connectivity index (χ1v) is 4.12. The van der Waals surface area contributed by atoms with Gasteiger partial charge in [0.05, 0.1) is 0 Å². The lowest BCUT2D eigenvalue weighted by Crippen LogP contribution is -2.09. The molecule has 0 amide bonds. The van der Waals surface area contributed by atoms with Gasteiger partial charge in [-0.1, -0.05) is 6.08 Å². The summed E-state index contributed by atoms with van der Waals surface area (Å²) < 4.78 is 63.6. The first-order valence-electron chi connectivity index (χ1n) is 4.12. The number of rotatable bonds is 3. The van der Waals surface area contributed by atoms with Crippen molar-refractivity contribution in [2.24, 2.45) is 0 Å². The SMILES string of the molecule is C=CCNc1c(F)c(F)c(F)c(F)c1F.[B]O. The number of nitrogens with one attached hydrogen (secondary N) is 1. The van der Waals surface area contributed by atoms with E-state index in [1.54, 1.807) is 0 Å². The smallest absolute Gasteiger partial charge is 0.277 e. The summed E-state index contributed by atoms with van der Waals surface area (Å²) in [5, 5.41) is 8.53. The van der Waals surface area contributed by atoms with Gasteiger partial charge in [-0.3, -0.25) is 0 Å². The first-order chi connectivity index (χ1) is 8.00. The summed E-state index contributed by atoms with van der Waals surface area (Å²) in [4.78, 5) is 0. The second kappa shape index (κ2) is 6.90. The van der Waals surface area contributed by atoms with Gasteiger partial charge in [-0.15, -0.1) is 6.58 Å². The molecule has 2 nitrogen and oxygen atoms in total. The van der Waals surface area contributed by atoms with Crippen molar-refractivity contribution in [2.75, 3.05) is 11.9 Å². The summed E-state index contributed by atoms with van der Waals surface area (Å²) in [6.45, 7) is 3.12. The van der Waals surface area contributed by atoms with Crippen LogP contribution in [0.15, 0.2) is 12.7 Å². The zero-order valence-corrected chi connectivity index (χ0v) is 8.41. The van der Waals surface area contributed by atoms with E-state index in [2.05, 4.69) is 14.6 Å². The number of hydrogen-bond acceptors (Lipinski definition) is 2. The van der Waals surface area contributed by atoms with Crippen LogP contribution < -0.4 is 5.32 Å². The van der Waals surface area contributed by atoms with E-state index >= 15 is 0 Å². The zero-order chi connectivity index (χ0) is 13.6. The molecule has 2 radical (unpaired) electrons. The molecule has 17 heavy (non-hydrogen) atoms. The van der Waals surface area contributed by atoms with Crippen LogP contribution in [0.4, 0.5) is 27.6 Å². The molecule has 8 heteroatoms. The lowest BCUT2D eigenvalue weighted by Gasteiger charge is -2.08. The fourth-order valence-corrected chi connectivity index (χ4v) is 0.934. The van der Waals surface area contributed by atoms with Gasteiger partial charge in [0.2, 0.25) is 5.82 Å². The molecular weight excluding hydrogens is 244 g/mol. The van der Waals surface area contributed by atoms with Gasteiger partial charge in [0.25, 0.3) is 8.05 Å². The quantitative estimate of drug-likeness (QED) is 0.283. The van der Waals surface area contributed by atoms with E-state index in [4.69, 9.17) is 5.02 Å². The van der Waals surface area contributed by atoms with Crippen molar-refractivity contribution >= 4 is 13.7 Å². The Morgan fingerprint density at radius 1 is 0.941 bits per heavy atom. The predicted molar refractivity (Wildman–Crippen MR) is 52.9 cm³/mol. The largest absolute Gasteiger partial charge is 0.461 e. The molecular formula is C9H7BF5NO. The second-order valence-corrected chi connectivity index (χ2v) is 2.61. The maximum atomic E-state index is 12.9. The molecule has 0 bridgehead atoms. The monoisotopic (exact) mass is 251 g/mol. The third-order valence-corrected chi connectivity index (χ3v) is 1.63. The highest BCUT2D eigenvalue weighted by Gasteiger charge is 2.25. The Balaban J connectivity index is 0.00000121. The summed E-state index contributed by atoms with van der Waals surface area (Å²) in [6, 6.07) is 0. The van der Waals surface area contributed by atoms with E-state index in [0.717, 1.165) is 0 Å². The molecule has 0 spiro atoms. The van der Waals surface area contributed by atoms with Crippen LogP contribution in [0.3, 0.4) is 0 Å². The molecule has 0 aromatic heterocycles. The molecule has 0 aliphatic carbocycles. The van der Waals surface area contributed by atoms with Crippen LogP contribution in [0.5, 0.6) is 0 Å². The van der Waals surface area contributed by atoms with Gasteiger partial charge < -0.3 is 10.3 Å². The van der Waals surface area contributed by atoms with Crippen molar-refractivity contribution in [3.8, 4) is 0 Å². The summed E-state index contributed by atoms with van der Waals surface area (Å²) in [5.74, 6) is -9.88. The topological polar surface area (TPSA) is 32.3 Å². The average molecular weight is 251 g/mol. The van der Waals surface area contributed by atoms with E-state index < -0.39 is 34.8 Å². The molecule has 0 saturated carbocycles. The molecule has 1 aromatic carbocycles. The summed E-state index contributed by atoms with van der Waals surface area (Å²) >= 11 is 0. The summed E-state index contributed by atoms with van der Waals surface area (Å²) in [7, 11) is 3.50. The Labute approximate surface area is 95.2 Å². The fourth-order valence-electron chi connectivity index (χ4n) is 0.934. The second-order valence-electron chi connectivity index (χ2n) is 2.61. The first kappa shape index (κ1) is 15.4. The van der Waals surface area contributed by atoms with E-state index in [1.165, 1.54) is 6.08 Å². The van der Waals surface area contributed by atoms with Gasteiger partial charge in [0.15, 0.2) is 23.3 Å². The lowest BCUT2D eigenvalue weighted by molar-refractivity contribution is 0.381. The van der Waals surface area contributed by atoms with Crippen molar-refractivity contribution in [3.05, 3.63) is 41.7 Å². The third kappa shape index (κ3) is 3.19. The van der Waals surface area contributed by atoms with Gasteiger partial charge >= 0.3 is 0 Å². The third-order valence-electron chi connectivity index (χ3n) is 1.63. The highest BCUT2D eigenvalue weighted by atomic mass is 19.2. The fraction of sp³-hybridized carbons (Fsp3) is 0.111. The Morgan fingerprint density at radius 3 is 1.65 bits per heavy atom. The molecule has 0 fully saturated rings. The van der Waals surface area contributed by atoms with Crippen LogP contribution in [0.2, 0.25) is 0 Å². The van der Waals surface area contributed by atoms with E-state index in [1.807, 2.05) is 5.32 Å². The zero-order valence-electron chi connectivity index (χ0n) is 8.41. The molecule has 0 aliphatic rings. The van der Waals surface area contributed by atoms with Crippen molar-refractivity contribution in [1.82, 2.24) is 0 Å². The van der Waals surface area contributed by atoms with Crippen molar-refractivity contribution in [3.63, 3.8) is 0 Å². The maximum Gasteiger partial charge on any atom is 0.277 e. The van der Waals surface area contributed by atoms with Gasteiger partial charge in [0.1, 0.15) is 5.69 Å². The van der Waals surface area contributed by atoms with Crippen molar-refractivity contribution < 1.29 is 27.0 Å². The van der Waals surface area contributed by atoms with Crippen LogP contribution in [-0.2, 0) is 0 Å². The standard InChI is InChI=1S/C9H6F5N.BHO/c1-2-3-15-9-7(13)5(11)4(10)6(12)8(9)14;1-2/h2,15H,1,3H2;2H. The lowest BCUT2D eigenvalue weighted by atomic mass is 10.2. The highest BCUT2D eigenvalue weighted by molar-refractivity contribution is 5.95. The minimum atomic E-state index is -2.17. The summed E-state index contributed by atoms with van der Waals surface area (Å²) in [6.07, 6.45) is 1.22. The average Bonchev–Trinajstić information content (AvgIpc) is 2.36. The van der Waals surface area contributed by atoms with E-state index in [-0.39, 0.29) is 6.54 Å². The van der Waals surface area contributed by atoms with Crippen LogP contribution in [0.25, 0.3) is 0 Å². The predicted octanol–water partition coefficient (Wildman–Crippen LogP) is 2.04. The molecule has 0 aliphatic heterocycles. The Morgan fingerprint density at radius 2 is 1.29 bits per heavy atom. The van der Waals surface area contributed by atoms with Crippen LogP contribution in [0.1, 0.15) is 0 Å². The molecule has 1 rings (SSSR count). The van der Waals surface area contributed by atoms with E-state index in [0.29, 0.717) is 0 Å². The maximum absolute atomic E-state index is 12.9. The molecule has 92 valence electrons. The Kier molecular flexibility index (Phi) is 6.26. The molecule has 0 atom stereocenters. The van der Waals surface area contributed by atoms with Gasteiger partial charge in [-0.05, 0) is 0 Å². The molecule has 0 heterocycles.